The van der Waals surface area contributed by atoms with Gasteiger partial charge in [0.05, 0.1) is 17.8 Å². The van der Waals surface area contributed by atoms with Gasteiger partial charge in [-0.1, -0.05) is 31.0 Å². The molecule has 0 atom stereocenters. The lowest BCUT2D eigenvalue weighted by molar-refractivity contribution is -0.132. The number of hydrogen-bond acceptors (Lipinski definition) is 3. The van der Waals surface area contributed by atoms with Gasteiger partial charge in [0.25, 0.3) is 0 Å². The Labute approximate surface area is 169 Å². The largest absolute Gasteiger partial charge is 0.338 e. The van der Waals surface area contributed by atoms with Crippen LogP contribution in [0, 0.1) is 20.8 Å². The van der Waals surface area contributed by atoms with Crippen LogP contribution in [0.5, 0.6) is 0 Å². The summed E-state index contributed by atoms with van der Waals surface area (Å²) in [5.41, 5.74) is 5.36. The van der Waals surface area contributed by atoms with Crippen molar-refractivity contribution < 1.29 is 4.79 Å². The van der Waals surface area contributed by atoms with Crippen LogP contribution in [-0.4, -0.2) is 58.7 Å². The van der Waals surface area contributed by atoms with E-state index in [1.807, 2.05) is 23.7 Å². The molecule has 0 radical (unpaired) electrons. The van der Waals surface area contributed by atoms with E-state index >= 15 is 0 Å². The highest BCUT2D eigenvalue weighted by atomic mass is 16.2. The van der Waals surface area contributed by atoms with Crippen molar-refractivity contribution in [2.75, 3.05) is 27.2 Å². The second-order valence-electron chi connectivity index (χ2n) is 8.35. The summed E-state index contributed by atoms with van der Waals surface area (Å²) in [6, 6.07) is 8.66. The Balaban J connectivity index is 1.83. The highest BCUT2D eigenvalue weighted by Gasteiger charge is 2.28. The van der Waals surface area contributed by atoms with E-state index in [1.54, 1.807) is 0 Å². The van der Waals surface area contributed by atoms with E-state index < -0.39 is 0 Å². The maximum Gasteiger partial charge on any atom is 0.227 e. The monoisotopic (exact) mass is 382 g/mol. The molecule has 1 saturated carbocycles. The zero-order valence-electron chi connectivity index (χ0n) is 18.0. The van der Waals surface area contributed by atoms with Crippen LogP contribution in [0.25, 0.3) is 5.69 Å². The first-order valence-electron chi connectivity index (χ1n) is 10.4. The summed E-state index contributed by atoms with van der Waals surface area (Å²) in [6.45, 7) is 7.90. The maximum atomic E-state index is 13.3. The van der Waals surface area contributed by atoms with Crippen molar-refractivity contribution in [3.63, 3.8) is 0 Å². The van der Waals surface area contributed by atoms with Crippen LogP contribution in [0.2, 0.25) is 0 Å². The first kappa shape index (κ1) is 20.6. The van der Waals surface area contributed by atoms with Crippen LogP contribution >= 0.6 is 0 Å². The molecule has 0 bridgehead atoms. The number of aromatic nitrogens is 2. The highest BCUT2D eigenvalue weighted by molar-refractivity contribution is 5.79. The Morgan fingerprint density at radius 1 is 1.11 bits per heavy atom. The van der Waals surface area contributed by atoms with Gasteiger partial charge in [-0.25, -0.2) is 4.68 Å². The number of aryl methyl sites for hydroxylation is 2. The fourth-order valence-corrected chi connectivity index (χ4v) is 4.25. The van der Waals surface area contributed by atoms with Crippen molar-refractivity contribution in [1.82, 2.24) is 19.6 Å². The van der Waals surface area contributed by atoms with Gasteiger partial charge in [-0.3, -0.25) is 4.79 Å². The first-order chi connectivity index (χ1) is 13.4. The number of amides is 1. The Bertz CT molecular complexity index is 818. The summed E-state index contributed by atoms with van der Waals surface area (Å²) in [6.07, 6.45) is 5.19. The van der Waals surface area contributed by atoms with Crippen molar-refractivity contribution in [1.29, 1.82) is 0 Å². The highest BCUT2D eigenvalue weighted by Crippen LogP contribution is 2.26. The summed E-state index contributed by atoms with van der Waals surface area (Å²) in [5.74, 6) is 0.240. The van der Waals surface area contributed by atoms with Crippen LogP contribution < -0.4 is 0 Å². The zero-order valence-corrected chi connectivity index (χ0v) is 18.0. The summed E-state index contributed by atoms with van der Waals surface area (Å²) >= 11 is 0. The minimum absolute atomic E-state index is 0.240. The van der Waals surface area contributed by atoms with E-state index in [-0.39, 0.29) is 5.91 Å². The molecule has 152 valence electrons. The topological polar surface area (TPSA) is 41.4 Å². The van der Waals surface area contributed by atoms with Crippen molar-refractivity contribution in [3.05, 3.63) is 46.8 Å². The average Bonchev–Trinajstić information content (AvgIpc) is 3.26. The molecule has 0 spiro atoms. The Morgan fingerprint density at radius 3 is 2.43 bits per heavy atom. The third-order valence-electron chi connectivity index (χ3n) is 5.99. The van der Waals surface area contributed by atoms with Gasteiger partial charge < -0.3 is 9.80 Å². The van der Waals surface area contributed by atoms with E-state index in [0.717, 1.165) is 48.6 Å². The number of rotatable bonds is 7. The normalized spacial score (nSPS) is 14.8. The number of para-hydroxylation sites is 1. The van der Waals surface area contributed by atoms with Crippen LogP contribution in [0.1, 0.15) is 48.2 Å². The molecular formula is C23H34N4O. The molecule has 0 aliphatic heterocycles. The number of carbonyl (C=O) groups is 1. The molecule has 0 saturated heterocycles. The minimum atomic E-state index is 0.240. The Morgan fingerprint density at radius 2 is 1.79 bits per heavy atom. The predicted molar refractivity (Wildman–Crippen MR) is 114 cm³/mol. The van der Waals surface area contributed by atoms with Crippen LogP contribution in [0.3, 0.4) is 0 Å². The molecule has 1 fully saturated rings. The lowest BCUT2D eigenvalue weighted by Crippen LogP contribution is -2.43. The van der Waals surface area contributed by atoms with Crippen LogP contribution in [-0.2, 0) is 11.2 Å². The van der Waals surface area contributed by atoms with Gasteiger partial charge in [-0.2, -0.15) is 5.10 Å². The SMILES string of the molecule is Cc1ccccc1-n1nc(C)c(CC(=O)N(CCN(C)C)C2CCCC2)c1C. The summed E-state index contributed by atoms with van der Waals surface area (Å²) < 4.78 is 1.99. The Hall–Kier alpha value is -2.14. The van der Waals surface area contributed by atoms with Crippen LogP contribution in [0.4, 0.5) is 0 Å². The Kier molecular flexibility index (Phi) is 6.55. The van der Waals surface area contributed by atoms with E-state index in [4.69, 9.17) is 5.10 Å². The van der Waals surface area contributed by atoms with Crippen molar-refractivity contribution in [2.24, 2.45) is 0 Å². The number of nitrogens with zero attached hydrogens (tertiary/aromatic N) is 4. The van der Waals surface area contributed by atoms with E-state index in [9.17, 15) is 4.79 Å². The van der Waals surface area contributed by atoms with Gasteiger partial charge >= 0.3 is 0 Å². The number of likely N-dealkylation sites (N-methyl/N-ethyl adjacent to an activating group) is 1. The van der Waals surface area contributed by atoms with Crippen LogP contribution in [0.15, 0.2) is 24.3 Å². The molecule has 1 amide bonds. The van der Waals surface area contributed by atoms with Gasteiger partial charge in [-0.05, 0) is 59.3 Å². The fourth-order valence-electron chi connectivity index (χ4n) is 4.25. The van der Waals surface area contributed by atoms with Crippen molar-refractivity contribution in [3.8, 4) is 5.69 Å². The number of carbonyl (C=O) groups excluding carboxylic acids is 1. The molecule has 0 N–H and O–H groups in total. The molecule has 28 heavy (non-hydrogen) atoms. The van der Waals surface area contributed by atoms with Gasteiger partial charge in [0, 0.05) is 30.4 Å². The third kappa shape index (κ3) is 4.46. The molecule has 0 unspecified atom stereocenters. The van der Waals surface area contributed by atoms with Crippen molar-refractivity contribution in [2.45, 2.75) is 58.9 Å². The summed E-state index contributed by atoms with van der Waals surface area (Å²) in [4.78, 5) is 17.6. The van der Waals surface area contributed by atoms with E-state index in [1.165, 1.54) is 18.4 Å². The zero-order chi connectivity index (χ0) is 20.3. The molecule has 1 aromatic carbocycles. The smallest absolute Gasteiger partial charge is 0.227 e. The lowest BCUT2D eigenvalue weighted by atomic mass is 10.1. The molecule has 3 rings (SSSR count). The second kappa shape index (κ2) is 8.91. The van der Waals surface area contributed by atoms with Gasteiger partial charge in [0.2, 0.25) is 5.91 Å². The van der Waals surface area contributed by atoms with Gasteiger partial charge in [-0.15, -0.1) is 0 Å². The standard InChI is InChI=1S/C23H34N4O/c1-17-10-6-9-13-22(17)27-19(3)21(18(2)24-27)16-23(28)26(15-14-25(4)5)20-11-7-8-12-20/h6,9-10,13,20H,7-8,11-12,14-16H2,1-5H3. The average molecular weight is 383 g/mol. The lowest BCUT2D eigenvalue weighted by Gasteiger charge is -2.30. The molecule has 5 heteroatoms. The summed E-state index contributed by atoms with van der Waals surface area (Å²) in [5, 5.41) is 4.76. The minimum Gasteiger partial charge on any atom is -0.338 e. The quantitative estimate of drug-likeness (QED) is 0.734. The molecule has 1 aromatic heterocycles. The molecular weight excluding hydrogens is 348 g/mol. The summed E-state index contributed by atoms with van der Waals surface area (Å²) in [7, 11) is 4.13. The maximum absolute atomic E-state index is 13.3. The predicted octanol–water partition coefficient (Wildman–Crippen LogP) is 3.67. The molecule has 1 aliphatic carbocycles. The fraction of sp³-hybridized carbons (Fsp3) is 0.565. The van der Waals surface area contributed by atoms with Crippen molar-refractivity contribution >= 4 is 5.91 Å². The molecule has 5 nitrogen and oxygen atoms in total. The van der Waals surface area contributed by atoms with E-state index in [2.05, 4.69) is 49.9 Å². The number of hydrogen-bond donors (Lipinski definition) is 0. The number of benzene rings is 1. The molecule has 1 heterocycles. The third-order valence-corrected chi connectivity index (χ3v) is 5.99. The first-order valence-corrected chi connectivity index (χ1v) is 10.4. The molecule has 2 aromatic rings. The van der Waals surface area contributed by atoms with Gasteiger partial charge in [0.1, 0.15) is 0 Å². The second-order valence-corrected chi connectivity index (χ2v) is 8.35. The van der Waals surface area contributed by atoms with E-state index in [0.29, 0.717) is 12.5 Å². The van der Waals surface area contributed by atoms with Gasteiger partial charge in [0.15, 0.2) is 0 Å². The molecule has 1 aliphatic rings.